The van der Waals surface area contributed by atoms with Crippen molar-refractivity contribution in [2.75, 3.05) is 18.8 Å². The number of benzene rings is 2. The van der Waals surface area contributed by atoms with Crippen molar-refractivity contribution in [3.8, 4) is 11.5 Å². The highest BCUT2D eigenvalue weighted by atomic mass is 16.5. The number of nitrogens with one attached hydrogen (secondary N) is 2. The van der Waals surface area contributed by atoms with Crippen LogP contribution in [0, 0.1) is 5.41 Å². The third-order valence-corrected chi connectivity index (χ3v) is 6.15. The van der Waals surface area contributed by atoms with Gasteiger partial charge in [0, 0.05) is 49.0 Å². The third-order valence-electron chi connectivity index (χ3n) is 6.15. The Kier molecular flexibility index (Phi) is 6.01. The molecule has 1 saturated heterocycles. The zero-order chi connectivity index (χ0) is 23.8. The van der Waals surface area contributed by atoms with Gasteiger partial charge in [-0.25, -0.2) is 0 Å². The standard InChI is InChI=1S/C25H30N4O4/c1-4-16-11-17(12-18(14-26)22(16)27)24(31)29-9-7-25(8-10-29)28-23(30)20-13-19(32-15(2)3)5-6-21(20)33-25/h5-6,11-15,26H,4,7-10,27H2,1-3H3,(H,28,30). The van der Waals surface area contributed by atoms with Crippen molar-refractivity contribution in [3.63, 3.8) is 0 Å². The van der Waals surface area contributed by atoms with E-state index < -0.39 is 5.72 Å². The number of rotatable bonds is 5. The van der Waals surface area contributed by atoms with Crippen LogP contribution >= 0.6 is 0 Å². The summed E-state index contributed by atoms with van der Waals surface area (Å²) in [4.78, 5) is 27.8. The quantitative estimate of drug-likeness (QED) is 0.477. The molecule has 0 unspecified atom stereocenters. The van der Waals surface area contributed by atoms with Crippen molar-refractivity contribution >= 4 is 23.7 Å². The van der Waals surface area contributed by atoms with Crippen LogP contribution in [0.15, 0.2) is 30.3 Å². The molecule has 2 aromatic carbocycles. The molecular formula is C25H30N4O4. The molecule has 1 fully saturated rings. The second kappa shape index (κ2) is 8.77. The van der Waals surface area contributed by atoms with Gasteiger partial charge in [0.1, 0.15) is 11.5 Å². The van der Waals surface area contributed by atoms with E-state index in [0.29, 0.717) is 66.2 Å². The van der Waals surface area contributed by atoms with Gasteiger partial charge in [0.15, 0.2) is 5.72 Å². The summed E-state index contributed by atoms with van der Waals surface area (Å²) in [5, 5.41) is 10.6. The van der Waals surface area contributed by atoms with Crippen LogP contribution in [0.25, 0.3) is 0 Å². The van der Waals surface area contributed by atoms with Crippen molar-refractivity contribution in [1.82, 2.24) is 10.2 Å². The summed E-state index contributed by atoms with van der Waals surface area (Å²) in [7, 11) is 0. The maximum Gasteiger partial charge on any atom is 0.258 e. The van der Waals surface area contributed by atoms with Crippen LogP contribution in [0.4, 0.5) is 5.69 Å². The van der Waals surface area contributed by atoms with E-state index in [1.54, 1.807) is 35.2 Å². The molecular weight excluding hydrogens is 420 g/mol. The van der Waals surface area contributed by atoms with Gasteiger partial charge in [0.05, 0.1) is 11.7 Å². The normalized spacial score (nSPS) is 16.7. The fourth-order valence-electron chi connectivity index (χ4n) is 4.39. The van der Waals surface area contributed by atoms with Crippen LogP contribution in [-0.4, -0.2) is 47.8 Å². The molecule has 2 aliphatic heterocycles. The first-order valence-electron chi connectivity index (χ1n) is 11.3. The predicted molar refractivity (Wildman–Crippen MR) is 126 cm³/mol. The molecule has 2 heterocycles. The minimum absolute atomic E-state index is 0.00775. The van der Waals surface area contributed by atoms with Gasteiger partial charge < -0.3 is 30.8 Å². The monoisotopic (exact) mass is 450 g/mol. The zero-order valence-corrected chi connectivity index (χ0v) is 19.2. The lowest BCUT2D eigenvalue weighted by Gasteiger charge is -2.44. The molecule has 8 nitrogen and oxygen atoms in total. The van der Waals surface area contributed by atoms with Crippen LogP contribution < -0.4 is 20.5 Å². The minimum Gasteiger partial charge on any atom is -0.491 e. The Bertz CT molecular complexity index is 1100. The summed E-state index contributed by atoms with van der Waals surface area (Å²) in [5.41, 5.74) is 8.17. The number of nitrogens with two attached hydrogens (primary N) is 1. The number of aryl methyl sites for hydroxylation is 1. The molecule has 8 heteroatoms. The molecule has 33 heavy (non-hydrogen) atoms. The maximum absolute atomic E-state index is 13.2. The Hall–Kier alpha value is -3.55. The molecule has 1 spiro atoms. The molecule has 0 bridgehead atoms. The van der Waals surface area contributed by atoms with Gasteiger partial charge in [-0.15, -0.1) is 0 Å². The molecule has 0 saturated carbocycles. The van der Waals surface area contributed by atoms with Gasteiger partial charge in [-0.1, -0.05) is 6.92 Å². The minimum atomic E-state index is -0.836. The highest BCUT2D eigenvalue weighted by Crippen LogP contribution is 2.36. The summed E-state index contributed by atoms with van der Waals surface area (Å²) in [5.74, 6) is 0.835. The van der Waals surface area contributed by atoms with Crippen molar-refractivity contribution < 1.29 is 19.1 Å². The van der Waals surface area contributed by atoms with Crippen LogP contribution in [0.3, 0.4) is 0 Å². The Morgan fingerprint density at radius 1 is 1.30 bits per heavy atom. The number of hydrogen-bond donors (Lipinski definition) is 3. The number of carbonyl (C=O) groups is 2. The fourth-order valence-corrected chi connectivity index (χ4v) is 4.39. The average molecular weight is 451 g/mol. The van der Waals surface area contributed by atoms with Crippen molar-refractivity contribution in [3.05, 3.63) is 52.6 Å². The summed E-state index contributed by atoms with van der Waals surface area (Å²) < 4.78 is 11.9. The highest BCUT2D eigenvalue weighted by molar-refractivity contribution is 5.99. The Labute approximate surface area is 193 Å². The first-order valence-corrected chi connectivity index (χ1v) is 11.3. The van der Waals surface area contributed by atoms with Crippen molar-refractivity contribution in [2.45, 2.75) is 51.9 Å². The average Bonchev–Trinajstić information content (AvgIpc) is 2.79. The number of piperidine rings is 1. The van der Waals surface area contributed by atoms with Crippen LogP contribution in [-0.2, 0) is 6.42 Å². The topological polar surface area (TPSA) is 118 Å². The van der Waals surface area contributed by atoms with E-state index in [0.717, 1.165) is 5.56 Å². The molecule has 174 valence electrons. The molecule has 2 aromatic rings. The number of carbonyl (C=O) groups excluding carboxylic acids is 2. The van der Waals surface area contributed by atoms with Crippen LogP contribution in [0.5, 0.6) is 11.5 Å². The Morgan fingerprint density at radius 3 is 2.67 bits per heavy atom. The molecule has 0 atom stereocenters. The van der Waals surface area contributed by atoms with Gasteiger partial charge >= 0.3 is 0 Å². The summed E-state index contributed by atoms with van der Waals surface area (Å²) in [6.07, 6.45) is 2.81. The largest absolute Gasteiger partial charge is 0.491 e. The summed E-state index contributed by atoms with van der Waals surface area (Å²) in [6, 6.07) is 8.74. The number of anilines is 1. The van der Waals surface area contributed by atoms with Gasteiger partial charge in [-0.3, -0.25) is 9.59 Å². The number of amides is 2. The fraction of sp³-hybridized carbons (Fsp3) is 0.400. The maximum atomic E-state index is 13.2. The van der Waals surface area contributed by atoms with E-state index in [9.17, 15) is 9.59 Å². The number of ether oxygens (including phenoxy) is 2. The third kappa shape index (κ3) is 4.37. The van der Waals surface area contributed by atoms with E-state index in [-0.39, 0.29) is 17.9 Å². The Balaban J connectivity index is 1.48. The lowest BCUT2D eigenvalue weighted by Crippen LogP contribution is -2.61. The molecule has 0 radical (unpaired) electrons. The summed E-state index contributed by atoms with van der Waals surface area (Å²) >= 11 is 0. The molecule has 0 aromatic heterocycles. The molecule has 2 aliphatic rings. The second-order valence-electron chi connectivity index (χ2n) is 8.80. The number of nitrogens with zero attached hydrogens (tertiary/aromatic N) is 1. The van der Waals surface area contributed by atoms with Crippen molar-refractivity contribution in [1.29, 1.82) is 5.41 Å². The van der Waals surface area contributed by atoms with Gasteiger partial charge in [-0.2, -0.15) is 0 Å². The zero-order valence-electron chi connectivity index (χ0n) is 19.2. The number of fused-ring (bicyclic) bond motifs is 1. The van der Waals surface area contributed by atoms with Gasteiger partial charge in [0.2, 0.25) is 0 Å². The molecule has 4 N–H and O–H groups in total. The van der Waals surface area contributed by atoms with E-state index in [2.05, 4.69) is 5.32 Å². The number of hydrogen-bond acceptors (Lipinski definition) is 6. The summed E-state index contributed by atoms with van der Waals surface area (Å²) in [6.45, 7) is 6.71. The SMILES string of the molecule is CCc1cc(C(=O)N2CCC3(CC2)NC(=O)c2cc(OC(C)C)ccc2O3)cc(C=N)c1N. The van der Waals surface area contributed by atoms with Crippen LogP contribution in [0.2, 0.25) is 0 Å². The first-order chi connectivity index (χ1) is 15.7. The van der Waals surface area contributed by atoms with Crippen LogP contribution in [0.1, 0.15) is 65.5 Å². The van der Waals surface area contributed by atoms with Crippen molar-refractivity contribution in [2.24, 2.45) is 0 Å². The van der Waals surface area contributed by atoms with E-state index >= 15 is 0 Å². The van der Waals surface area contributed by atoms with Gasteiger partial charge in [0.25, 0.3) is 11.8 Å². The van der Waals surface area contributed by atoms with E-state index in [1.807, 2.05) is 20.8 Å². The number of likely N-dealkylation sites (tertiary alicyclic amines) is 1. The van der Waals surface area contributed by atoms with E-state index in [1.165, 1.54) is 6.21 Å². The first kappa shape index (κ1) is 22.6. The van der Waals surface area contributed by atoms with E-state index in [4.69, 9.17) is 20.6 Å². The smallest absolute Gasteiger partial charge is 0.258 e. The molecule has 2 amide bonds. The lowest BCUT2D eigenvalue weighted by molar-refractivity contribution is -0.0246. The highest BCUT2D eigenvalue weighted by Gasteiger charge is 2.43. The number of nitrogen functional groups attached to an aromatic ring is 1. The second-order valence-corrected chi connectivity index (χ2v) is 8.80. The molecule has 4 rings (SSSR count). The Morgan fingerprint density at radius 2 is 2.03 bits per heavy atom. The molecule has 0 aliphatic carbocycles. The predicted octanol–water partition coefficient (Wildman–Crippen LogP) is 3.37. The lowest BCUT2D eigenvalue weighted by atomic mass is 9.95. The van der Waals surface area contributed by atoms with Gasteiger partial charge in [-0.05, 0) is 56.2 Å².